The molecule has 1 unspecified atom stereocenters. The van der Waals surface area contributed by atoms with E-state index in [1.807, 2.05) is 14.1 Å². The predicted molar refractivity (Wildman–Crippen MR) is 72.0 cm³/mol. The van der Waals surface area contributed by atoms with Crippen molar-refractivity contribution in [3.05, 3.63) is 0 Å². The van der Waals surface area contributed by atoms with E-state index >= 15 is 0 Å². The molecule has 1 aliphatic heterocycles. The van der Waals surface area contributed by atoms with E-state index in [1.54, 1.807) is 4.31 Å². The Balaban J connectivity index is 2.52. The van der Waals surface area contributed by atoms with Gasteiger partial charge in [-0.1, -0.05) is 0 Å². The summed E-state index contributed by atoms with van der Waals surface area (Å²) in [6.07, 6.45) is 3.47. The van der Waals surface area contributed by atoms with Gasteiger partial charge in [-0.15, -0.1) is 11.6 Å². The van der Waals surface area contributed by atoms with Crippen molar-refractivity contribution in [1.29, 1.82) is 0 Å². The van der Waals surface area contributed by atoms with Crippen molar-refractivity contribution in [3.8, 4) is 0 Å². The van der Waals surface area contributed by atoms with Gasteiger partial charge in [-0.3, -0.25) is 0 Å². The SMILES string of the molecule is CN(C)C1CCCN(S(=O)(=O)CCCCCl)C1. The second-order valence-electron chi connectivity index (χ2n) is 4.83. The molecule has 0 aromatic heterocycles. The van der Waals surface area contributed by atoms with Crippen LogP contribution in [0.2, 0.25) is 0 Å². The Hall–Kier alpha value is 0.160. The van der Waals surface area contributed by atoms with Gasteiger partial charge in [-0.25, -0.2) is 12.7 Å². The lowest BCUT2D eigenvalue weighted by molar-refractivity contribution is 0.190. The summed E-state index contributed by atoms with van der Waals surface area (Å²) in [7, 11) is 0.942. The number of hydrogen-bond acceptors (Lipinski definition) is 3. The zero-order valence-electron chi connectivity index (χ0n) is 10.7. The molecule has 1 aliphatic rings. The van der Waals surface area contributed by atoms with Crippen LogP contribution in [0, 0.1) is 0 Å². The Bertz CT molecular complexity index is 319. The number of likely N-dealkylation sites (N-methyl/N-ethyl adjacent to an activating group) is 1. The van der Waals surface area contributed by atoms with E-state index in [0.717, 1.165) is 19.3 Å². The molecule has 17 heavy (non-hydrogen) atoms. The van der Waals surface area contributed by atoms with Gasteiger partial charge >= 0.3 is 0 Å². The first-order chi connectivity index (χ1) is 7.97. The minimum Gasteiger partial charge on any atom is -0.305 e. The number of unbranched alkanes of at least 4 members (excludes halogenated alkanes) is 1. The van der Waals surface area contributed by atoms with E-state index in [0.29, 0.717) is 31.4 Å². The third-order valence-electron chi connectivity index (χ3n) is 3.27. The van der Waals surface area contributed by atoms with Crippen LogP contribution >= 0.6 is 11.6 Å². The topological polar surface area (TPSA) is 40.6 Å². The Morgan fingerprint density at radius 3 is 2.65 bits per heavy atom. The molecule has 0 radical (unpaired) electrons. The molecule has 102 valence electrons. The Labute approximate surface area is 110 Å². The van der Waals surface area contributed by atoms with Crippen LogP contribution < -0.4 is 0 Å². The summed E-state index contributed by atoms with van der Waals surface area (Å²) in [5.41, 5.74) is 0. The molecular weight excluding hydrogens is 260 g/mol. The molecule has 6 heteroatoms. The van der Waals surface area contributed by atoms with Gasteiger partial charge < -0.3 is 4.90 Å². The number of rotatable bonds is 6. The van der Waals surface area contributed by atoms with Crippen LogP contribution in [-0.2, 0) is 10.0 Å². The Morgan fingerprint density at radius 1 is 1.35 bits per heavy atom. The first kappa shape index (κ1) is 15.2. The predicted octanol–water partition coefficient (Wildman–Crippen LogP) is 1.36. The number of nitrogens with zero attached hydrogens (tertiary/aromatic N) is 2. The second-order valence-corrected chi connectivity index (χ2v) is 7.30. The quantitative estimate of drug-likeness (QED) is 0.546. The second kappa shape index (κ2) is 6.92. The lowest BCUT2D eigenvalue weighted by Crippen LogP contribution is -2.48. The molecule has 0 spiro atoms. The summed E-state index contributed by atoms with van der Waals surface area (Å²) < 4.78 is 25.8. The van der Waals surface area contributed by atoms with Crippen LogP contribution in [0.3, 0.4) is 0 Å². The third-order valence-corrected chi connectivity index (χ3v) is 5.46. The van der Waals surface area contributed by atoms with Crippen LogP contribution in [0.25, 0.3) is 0 Å². The van der Waals surface area contributed by atoms with Crippen molar-refractivity contribution in [1.82, 2.24) is 9.21 Å². The Kier molecular flexibility index (Phi) is 6.20. The highest BCUT2D eigenvalue weighted by atomic mass is 35.5. The maximum Gasteiger partial charge on any atom is 0.214 e. The van der Waals surface area contributed by atoms with E-state index in [4.69, 9.17) is 11.6 Å². The van der Waals surface area contributed by atoms with Crippen molar-refractivity contribution in [2.24, 2.45) is 0 Å². The fourth-order valence-corrected chi connectivity index (χ4v) is 3.93. The molecule has 4 nitrogen and oxygen atoms in total. The average molecular weight is 283 g/mol. The molecular formula is C11H23ClN2O2S. The fraction of sp³-hybridized carbons (Fsp3) is 1.00. The minimum atomic E-state index is -3.07. The van der Waals surface area contributed by atoms with E-state index < -0.39 is 10.0 Å². The van der Waals surface area contributed by atoms with Gasteiger partial charge in [0, 0.05) is 25.0 Å². The highest BCUT2D eigenvalue weighted by Crippen LogP contribution is 2.17. The van der Waals surface area contributed by atoms with E-state index in [1.165, 1.54) is 0 Å². The highest BCUT2D eigenvalue weighted by Gasteiger charge is 2.29. The lowest BCUT2D eigenvalue weighted by atomic mass is 10.1. The van der Waals surface area contributed by atoms with Crippen LogP contribution in [0.15, 0.2) is 0 Å². The molecule has 0 bridgehead atoms. The molecule has 0 aliphatic carbocycles. The molecule has 1 saturated heterocycles. The third kappa shape index (κ3) is 4.73. The molecule has 0 aromatic carbocycles. The normalized spacial score (nSPS) is 23.2. The monoisotopic (exact) mass is 282 g/mol. The van der Waals surface area contributed by atoms with Gasteiger partial charge in [0.15, 0.2) is 0 Å². The summed E-state index contributed by atoms with van der Waals surface area (Å²) >= 11 is 5.57. The summed E-state index contributed by atoms with van der Waals surface area (Å²) in [6.45, 7) is 1.31. The lowest BCUT2D eigenvalue weighted by Gasteiger charge is -2.35. The van der Waals surface area contributed by atoms with Gasteiger partial charge in [0.05, 0.1) is 5.75 Å². The zero-order chi connectivity index (χ0) is 12.9. The molecule has 1 heterocycles. The first-order valence-corrected chi connectivity index (χ1v) is 8.32. The maximum absolute atomic E-state index is 12.1. The maximum atomic E-state index is 12.1. The Morgan fingerprint density at radius 2 is 2.06 bits per heavy atom. The highest BCUT2D eigenvalue weighted by molar-refractivity contribution is 7.89. The number of piperidine rings is 1. The van der Waals surface area contributed by atoms with Crippen LogP contribution in [0.1, 0.15) is 25.7 Å². The van der Waals surface area contributed by atoms with Gasteiger partial charge in [-0.05, 0) is 39.8 Å². The van der Waals surface area contributed by atoms with Crippen LogP contribution in [0.4, 0.5) is 0 Å². The van der Waals surface area contributed by atoms with Crippen molar-refractivity contribution in [2.75, 3.05) is 38.8 Å². The van der Waals surface area contributed by atoms with Crippen molar-refractivity contribution in [2.45, 2.75) is 31.7 Å². The molecule has 1 atom stereocenters. The van der Waals surface area contributed by atoms with Gasteiger partial charge in [0.1, 0.15) is 0 Å². The molecule has 1 fully saturated rings. The molecule has 0 N–H and O–H groups in total. The standard InChI is InChI=1S/C11H23ClN2O2S/c1-13(2)11-6-5-8-14(10-11)17(15,16)9-4-3-7-12/h11H,3-10H2,1-2H3. The fourth-order valence-electron chi connectivity index (χ4n) is 2.10. The van der Waals surface area contributed by atoms with E-state index in [9.17, 15) is 8.42 Å². The number of halogens is 1. The van der Waals surface area contributed by atoms with Crippen molar-refractivity contribution < 1.29 is 8.42 Å². The molecule has 0 amide bonds. The van der Waals surface area contributed by atoms with Crippen LogP contribution in [-0.4, -0.2) is 62.5 Å². The number of sulfonamides is 1. The smallest absolute Gasteiger partial charge is 0.214 e. The summed E-state index contributed by atoms with van der Waals surface area (Å²) in [4.78, 5) is 2.11. The first-order valence-electron chi connectivity index (χ1n) is 6.17. The minimum absolute atomic E-state index is 0.236. The number of alkyl halides is 1. The number of hydrogen-bond donors (Lipinski definition) is 0. The van der Waals surface area contributed by atoms with Gasteiger partial charge in [0.2, 0.25) is 10.0 Å². The van der Waals surface area contributed by atoms with Gasteiger partial charge in [0.25, 0.3) is 0 Å². The summed E-state index contributed by atoms with van der Waals surface area (Å²) in [5.74, 6) is 0.774. The van der Waals surface area contributed by atoms with Crippen molar-refractivity contribution >= 4 is 21.6 Å². The van der Waals surface area contributed by atoms with E-state index in [2.05, 4.69) is 4.90 Å². The van der Waals surface area contributed by atoms with Gasteiger partial charge in [-0.2, -0.15) is 0 Å². The molecule has 0 saturated carbocycles. The molecule has 1 rings (SSSR count). The van der Waals surface area contributed by atoms with E-state index in [-0.39, 0.29) is 5.75 Å². The zero-order valence-corrected chi connectivity index (χ0v) is 12.3. The van der Waals surface area contributed by atoms with Crippen molar-refractivity contribution in [3.63, 3.8) is 0 Å². The summed E-state index contributed by atoms with van der Waals surface area (Å²) in [6, 6.07) is 0.353. The largest absolute Gasteiger partial charge is 0.305 e. The average Bonchev–Trinajstić information content (AvgIpc) is 2.29. The molecule has 0 aromatic rings. The van der Waals surface area contributed by atoms with Crippen LogP contribution in [0.5, 0.6) is 0 Å². The summed E-state index contributed by atoms with van der Waals surface area (Å²) in [5, 5.41) is 0.